The first-order valence-corrected chi connectivity index (χ1v) is 7.24. The molecule has 0 spiro atoms. The van der Waals surface area contributed by atoms with Gasteiger partial charge in [0.15, 0.2) is 0 Å². The van der Waals surface area contributed by atoms with E-state index in [1.54, 1.807) is 0 Å². The van der Waals surface area contributed by atoms with E-state index < -0.39 is 12.1 Å². The van der Waals surface area contributed by atoms with Gasteiger partial charge >= 0.3 is 12.1 Å². The molecule has 1 rings (SSSR count). The molecule has 0 aliphatic heterocycles. The molecule has 22 heavy (non-hydrogen) atoms. The van der Waals surface area contributed by atoms with Crippen molar-refractivity contribution in [2.24, 2.45) is 5.92 Å². The first-order chi connectivity index (χ1) is 10.5. The van der Waals surface area contributed by atoms with Crippen molar-refractivity contribution in [1.82, 2.24) is 5.32 Å². The number of aliphatic carboxylic acids is 1. The number of nitrogens with one attached hydrogen (secondary N) is 1. The SMILES string of the molecule is CC(C)C[C@@H](COCC(=O)O)NC(=O)OCc1ccccc1. The molecule has 6 heteroatoms. The quantitative estimate of drug-likeness (QED) is 0.732. The number of benzene rings is 1. The van der Waals surface area contributed by atoms with Gasteiger partial charge in [-0.1, -0.05) is 44.2 Å². The van der Waals surface area contributed by atoms with Crippen LogP contribution in [0.5, 0.6) is 0 Å². The molecule has 0 heterocycles. The van der Waals surface area contributed by atoms with Gasteiger partial charge in [-0.2, -0.15) is 0 Å². The van der Waals surface area contributed by atoms with Crippen molar-refractivity contribution in [3.63, 3.8) is 0 Å². The number of hydrogen-bond acceptors (Lipinski definition) is 4. The molecule has 0 bridgehead atoms. The number of carboxylic acid groups (broad SMARTS) is 1. The standard InChI is InChI=1S/C16H23NO5/c1-12(2)8-14(10-21-11-15(18)19)17-16(20)22-9-13-6-4-3-5-7-13/h3-7,12,14H,8-11H2,1-2H3,(H,17,20)(H,18,19)/t14-/m0/s1. The number of hydrogen-bond donors (Lipinski definition) is 2. The summed E-state index contributed by atoms with van der Waals surface area (Å²) in [5.74, 6) is -0.692. The Balaban J connectivity index is 2.38. The molecule has 122 valence electrons. The highest BCUT2D eigenvalue weighted by molar-refractivity contribution is 5.68. The second kappa shape index (κ2) is 9.78. The molecular weight excluding hydrogens is 286 g/mol. The molecule has 1 aromatic rings. The second-order valence-corrected chi connectivity index (χ2v) is 5.44. The largest absolute Gasteiger partial charge is 0.480 e. The van der Waals surface area contributed by atoms with E-state index in [2.05, 4.69) is 5.32 Å². The van der Waals surface area contributed by atoms with Gasteiger partial charge in [-0.25, -0.2) is 9.59 Å². The molecule has 0 saturated carbocycles. The van der Waals surface area contributed by atoms with E-state index >= 15 is 0 Å². The maximum atomic E-state index is 11.8. The average molecular weight is 309 g/mol. The molecule has 0 radical (unpaired) electrons. The van der Waals surface area contributed by atoms with E-state index in [1.807, 2.05) is 44.2 Å². The molecular formula is C16H23NO5. The highest BCUT2D eigenvalue weighted by atomic mass is 16.5. The number of carbonyl (C=O) groups is 2. The molecule has 0 saturated heterocycles. The minimum atomic E-state index is -1.03. The summed E-state index contributed by atoms with van der Waals surface area (Å²) in [5.41, 5.74) is 0.903. The fourth-order valence-corrected chi connectivity index (χ4v) is 1.96. The number of ether oxygens (including phenoxy) is 2. The minimum Gasteiger partial charge on any atom is -0.480 e. The third kappa shape index (κ3) is 8.26. The van der Waals surface area contributed by atoms with Crippen LogP contribution in [0.4, 0.5) is 4.79 Å². The lowest BCUT2D eigenvalue weighted by Gasteiger charge is -2.20. The number of amides is 1. The van der Waals surface area contributed by atoms with Crippen LogP contribution in [0, 0.1) is 5.92 Å². The fourth-order valence-electron chi connectivity index (χ4n) is 1.96. The highest BCUT2D eigenvalue weighted by Gasteiger charge is 2.16. The van der Waals surface area contributed by atoms with Crippen LogP contribution in [0.25, 0.3) is 0 Å². The monoisotopic (exact) mass is 309 g/mol. The van der Waals surface area contributed by atoms with E-state index in [-0.39, 0.29) is 25.9 Å². The van der Waals surface area contributed by atoms with E-state index in [0.29, 0.717) is 12.3 Å². The summed E-state index contributed by atoms with van der Waals surface area (Å²) in [6.07, 6.45) is 0.147. The van der Waals surface area contributed by atoms with Crippen molar-refractivity contribution in [2.75, 3.05) is 13.2 Å². The van der Waals surface area contributed by atoms with Crippen molar-refractivity contribution in [2.45, 2.75) is 32.9 Å². The van der Waals surface area contributed by atoms with Crippen LogP contribution in [0.3, 0.4) is 0 Å². The van der Waals surface area contributed by atoms with Crippen molar-refractivity contribution in [3.05, 3.63) is 35.9 Å². The first-order valence-electron chi connectivity index (χ1n) is 7.24. The lowest BCUT2D eigenvalue weighted by Crippen LogP contribution is -2.39. The summed E-state index contributed by atoms with van der Waals surface area (Å²) in [7, 11) is 0. The normalized spacial score (nSPS) is 12.0. The van der Waals surface area contributed by atoms with E-state index in [1.165, 1.54) is 0 Å². The maximum Gasteiger partial charge on any atom is 0.407 e. The summed E-state index contributed by atoms with van der Waals surface area (Å²) in [6.45, 7) is 3.99. The zero-order valence-electron chi connectivity index (χ0n) is 13.0. The van der Waals surface area contributed by atoms with Gasteiger partial charge in [0.2, 0.25) is 0 Å². The molecule has 0 aromatic heterocycles. The van der Waals surface area contributed by atoms with Gasteiger partial charge in [-0.15, -0.1) is 0 Å². The molecule has 0 unspecified atom stereocenters. The highest BCUT2D eigenvalue weighted by Crippen LogP contribution is 2.06. The Morgan fingerprint density at radius 2 is 1.91 bits per heavy atom. The predicted molar refractivity (Wildman–Crippen MR) is 81.5 cm³/mol. The smallest absolute Gasteiger partial charge is 0.407 e. The Morgan fingerprint density at radius 3 is 2.50 bits per heavy atom. The molecule has 1 atom stereocenters. The Bertz CT molecular complexity index is 461. The van der Waals surface area contributed by atoms with E-state index in [4.69, 9.17) is 14.6 Å². The van der Waals surface area contributed by atoms with Gasteiger partial charge in [0.25, 0.3) is 0 Å². The predicted octanol–water partition coefficient (Wildman–Crippen LogP) is 2.43. The Hall–Kier alpha value is -2.08. The molecule has 1 amide bonds. The lowest BCUT2D eigenvalue weighted by atomic mass is 10.0. The van der Waals surface area contributed by atoms with Gasteiger partial charge in [0, 0.05) is 0 Å². The number of carbonyl (C=O) groups excluding carboxylic acids is 1. The van der Waals surface area contributed by atoms with Crippen LogP contribution >= 0.6 is 0 Å². The molecule has 2 N–H and O–H groups in total. The Morgan fingerprint density at radius 1 is 1.23 bits per heavy atom. The molecule has 1 aromatic carbocycles. The zero-order valence-corrected chi connectivity index (χ0v) is 13.0. The van der Waals surface area contributed by atoms with Crippen LogP contribution < -0.4 is 5.32 Å². The maximum absolute atomic E-state index is 11.8. The van der Waals surface area contributed by atoms with Gasteiger partial charge in [0.05, 0.1) is 12.6 Å². The van der Waals surface area contributed by atoms with Crippen molar-refractivity contribution >= 4 is 12.1 Å². The van der Waals surface area contributed by atoms with Gasteiger partial charge in [-0.3, -0.25) is 0 Å². The average Bonchev–Trinajstić information content (AvgIpc) is 2.45. The fraction of sp³-hybridized carbons (Fsp3) is 0.500. The number of carboxylic acids is 1. The molecule has 0 aliphatic rings. The number of alkyl carbamates (subject to hydrolysis) is 1. The number of rotatable bonds is 9. The van der Waals surface area contributed by atoms with Crippen molar-refractivity contribution < 1.29 is 24.2 Å². The summed E-state index contributed by atoms with van der Waals surface area (Å²) in [5, 5.41) is 11.3. The Kier molecular flexibility index (Phi) is 7.99. The van der Waals surface area contributed by atoms with Crippen LogP contribution in [-0.2, 0) is 20.9 Å². The van der Waals surface area contributed by atoms with Crippen LogP contribution in [0.2, 0.25) is 0 Å². The van der Waals surface area contributed by atoms with E-state index in [0.717, 1.165) is 5.56 Å². The lowest BCUT2D eigenvalue weighted by molar-refractivity contribution is -0.142. The van der Waals surface area contributed by atoms with Gasteiger partial charge < -0.3 is 19.9 Å². The van der Waals surface area contributed by atoms with Crippen LogP contribution in [-0.4, -0.2) is 36.4 Å². The molecule has 6 nitrogen and oxygen atoms in total. The third-order valence-corrected chi connectivity index (χ3v) is 2.84. The zero-order chi connectivity index (χ0) is 16.4. The van der Waals surface area contributed by atoms with Crippen molar-refractivity contribution in [3.8, 4) is 0 Å². The minimum absolute atomic E-state index is 0.144. The Labute approximate surface area is 130 Å². The first kappa shape index (κ1) is 18.0. The summed E-state index contributed by atoms with van der Waals surface area (Å²) in [6, 6.07) is 9.10. The van der Waals surface area contributed by atoms with Crippen LogP contribution in [0.15, 0.2) is 30.3 Å². The topological polar surface area (TPSA) is 84.9 Å². The third-order valence-electron chi connectivity index (χ3n) is 2.84. The summed E-state index contributed by atoms with van der Waals surface area (Å²) in [4.78, 5) is 22.2. The van der Waals surface area contributed by atoms with Crippen LogP contribution in [0.1, 0.15) is 25.8 Å². The molecule has 0 fully saturated rings. The summed E-state index contributed by atoms with van der Waals surface area (Å²) < 4.78 is 10.2. The summed E-state index contributed by atoms with van der Waals surface area (Å²) >= 11 is 0. The molecule has 0 aliphatic carbocycles. The van der Waals surface area contributed by atoms with Gasteiger partial charge in [-0.05, 0) is 17.9 Å². The second-order valence-electron chi connectivity index (χ2n) is 5.44. The van der Waals surface area contributed by atoms with Crippen molar-refractivity contribution in [1.29, 1.82) is 0 Å². The van der Waals surface area contributed by atoms with E-state index in [9.17, 15) is 9.59 Å². The van der Waals surface area contributed by atoms with Gasteiger partial charge in [0.1, 0.15) is 13.2 Å².